The normalized spacial score (nSPS) is 14.0. The van der Waals surface area contributed by atoms with E-state index in [2.05, 4.69) is 22.4 Å². The summed E-state index contributed by atoms with van der Waals surface area (Å²) in [6.45, 7) is 2.07. The van der Waals surface area contributed by atoms with Crippen molar-refractivity contribution in [2.45, 2.75) is 32.6 Å². The Balaban J connectivity index is 1.65. The van der Waals surface area contributed by atoms with Crippen molar-refractivity contribution < 1.29 is 4.79 Å². The first-order valence-electron chi connectivity index (χ1n) is 7.63. The van der Waals surface area contributed by atoms with E-state index in [-0.39, 0.29) is 11.6 Å². The number of thiophene rings is 1. The molecule has 0 saturated carbocycles. The third-order valence-electron chi connectivity index (χ3n) is 4.34. The van der Waals surface area contributed by atoms with Gasteiger partial charge in [-0.05, 0) is 55.9 Å². The zero-order valence-electron chi connectivity index (χ0n) is 12.7. The van der Waals surface area contributed by atoms with Crippen LogP contribution in [0, 0.1) is 6.92 Å². The Morgan fingerprint density at radius 3 is 3.00 bits per heavy atom. The summed E-state index contributed by atoms with van der Waals surface area (Å²) in [7, 11) is 0. The van der Waals surface area contributed by atoms with Gasteiger partial charge in [-0.1, -0.05) is 0 Å². The zero-order valence-corrected chi connectivity index (χ0v) is 13.5. The molecule has 3 aromatic rings. The monoisotopic (exact) mass is 328 g/mol. The molecule has 0 radical (unpaired) electrons. The van der Waals surface area contributed by atoms with Crippen molar-refractivity contribution in [3.63, 3.8) is 0 Å². The van der Waals surface area contributed by atoms with Crippen LogP contribution >= 0.6 is 11.3 Å². The predicted octanol–water partition coefficient (Wildman–Crippen LogP) is 2.52. The lowest BCUT2D eigenvalue weighted by Crippen LogP contribution is -2.15. The molecule has 4 rings (SSSR count). The van der Waals surface area contributed by atoms with Crippen LogP contribution in [0.15, 0.2) is 23.1 Å². The molecule has 2 N–H and O–H groups in total. The second-order valence-electron chi connectivity index (χ2n) is 5.79. The molecule has 0 spiro atoms. The highest BCUT2D eigenvalue weighted by Gasteiger charge is 2.19. The largest absolute Gasteiger partial charge is 0.347 e. The lowest BCUT2D eigenvalue weighted by atomic mass is 9.96. The molecule has 7 heteroatoms. The van der Waals surface area contributed by atoms with Gasteiger partial charge in [-0.3, -0.25) is 4.79 Å². The minimum atomic E-state index is -0.350. The number of anilines is 1. The van der Waals surface area contributed by atoms with E-state index in [1.165, 1.54) is 39.4 Å². The number of nitrogens with one attached hydrogen (secondary N) is 2. The van der Waals surface area contributed by atoms with Crippen molar-refractivity contribution in [1.29, 1.82) is 0 Å². The predicted molar refractivity (Wildman–Crippen MR) is 89.5 cm³/mol. The summed E-state index contributed by atoms with van der Waals surface area (Å²) in [5.74, 6) is -0.207. The number of aromatic amines is 1. The molecule has 0 aliphatic heterocycles. The summed E-state index contributed by atoms with van der Waals surface area (Å²) >= 11 is 1.67. The number of amides is 1. The van der Waals surface area contributed by atoms with Crippen molar-refractivity contribution in [2.75, 3.05) is 5.32 Å². The number of aromatic nitrogens is 3. The van der Waals surface area contributed by atoms with Gasteiger partial charge >= 0.3 is 5.69 Å². The Labute approximate surface area is 136 Å². The summed E-state index contributed by atoms with van der Waals surface area (Å²) in [4.78, 5) is 25.5. The Hall–Kier alpha value is -2.41. The molecule has 3 heterocycles. The van der Waals surface area contributed by atoms with Gasteiger partial charge in [-0.2, -0.15) is 5.10 Å². The van der Waals surface area contributed by atoms with Gasteiger partial charge in [0.1, 0.15) is 0 Å². The van der Waals surface area contributed by atoms with E-state index < -0.39 is 0 Å². The molecule has 6 nitrogen and oxygen atoms in total. The van der Waals surface area contributed by atoms with Crippen LogP contribution in [0.1, 0.15) is 39.2 Å². The zero-order chi connectivity index (χ0) is 16.0. The molecule has 0 saturated heterocycles. The summed E-state index contributed by atoms with van der Waals surface area (Å²) in [5, 5.41) is 10.1. The van der Waals surface area contributed by atoms with Crippen LogP contribution in [0.4, 0.5) is 5.00 Å². The van der Waals surface area contributed by atoms with Gasteiger partial charge in [-0.25, -0.2) is 14.3 Å². The highest BCUT2D eigenvalue weighted by atomic mass is 32.1. The number of nitrogens with zero attached hydrogens (tertiary/aromatic N) is 2. The smallest absolute Gasteiger partial charge is 0.313 e. The van der Waals surface area contributed by atoms with Gasteiger partial charge in [0.15, 0.2) is 5.65 Å². The molecule has 0 fully saturated rings. The lowest BCUT2D eigenvalue weighted by molar-refractivity contribution is 0.102. The van der Waals surface area contributed by atoms with Crippen molar-refractivity contribution in [3.05, 3.63) is 50.4 Å². The van der Waals surface area contributed by atoms with Gasteiger partial charge in [-0.15, -0.1) is 11.3 Å². The molecule has 0 aromatic carbocycles. The molecule has 1 aliphatic rings. The summed E-state index contributed by atoms with van der Waals surface area (Å²) in [6.07, 6.45) is 6.16. The maximum atomic E-state index is 12.5. The number of H-pyrrole nitrogens is 1. The molecule has 1 amide bonds. The second kappa shape index (κ2) is 5.34. The topological polar surface area (TPSA) is 79.3 Å². The number of pyridine rings is 1. The molecule has 23 heavy (non-hydrogen) atoms. The fraction of sp³-hybridized carbons (Fsp3) is 0.312. The van der Waals surface area contributed by atoms with Crippen molar-refractivity contribution >= 4 is 27.9 Å². The van der Waals surface area contributed by atoms with Crippen molar-refractivity contribution in [2.24, 2.45) is 0 Å². The Morgan fingerprint density at radius 2 is 2.17 bits per heavy atom. The van der Waals surface area contributed by atoms with Crippen LogP contribution in [-0.2, 0) is 12.8 Å². The fourth-order valence-electron chi connectivity index (χ4n) is 3.06. The standard InChI is InChI=1S/C16H16N4O2S/c1-9-11-4-2-3-5-12(11)23-15(9)17-14(21)10-6-7-13-18-19-16(22)20(13)8-10/h6-8H,2-5H2,1H3,(H,17,21)(H,19,22). The van der Waals surface area contributed by atoms with E-state index in [0.717, 1.165) is 17.8 Å². The average molecular weight is 328 g/mol. The van der Waals surface area contributed by atoms with Crippen molar-refractivity contribution in [1.82, 2.24) is 14.6 Å². The van der Waals surface area contributed by atoms with Gasteiger partial charge in [0.25, 0.3) is 5.91 Å². The number of rotatable bonds is 2. The molecule has 118 valence electrons. The molecule has 0 bridgehead atoms. The Bertz CT molecular complexity index is 966. The van der Waals surface area contributed by atoms with Crippen LogP contribution < -0.4 is 11.0 Å². The maximum absolute atomic E-state index is 12.5. The van der Waals surface area contributed by atoms with Crippen LogP contribution in [0.5, 0.6) is 0 Å². The quantitative estimate of drug-likeness (QED) is 0.758. The number of fused-ring (bicyclic) bond motifs is 2. The number of hydrogen-bond acceptors (Lipinski definition) is 4. The van der Waals surface area contributed by atoms with Crippen LogP contribution in [0.2, 0.25) is 0 Å². The number of aryl methyl sites for hydroxylation is 1. The van der Waals surface area contributed by atoms with Crippen LogP contribution in [0.25, 0.3) is 5.65 Å². The van der Waals surface area contributed by atoms with E-state index in [4.69, 9.17) is 0 Å². The first-order valence-corrected chi connectivity index (χ1v) is 8.44. The molecular weight excluding hydrogens is 312 g/mol. The highest BCUT2D eigenvalue weighted by Crippen LogP contribution is 2.37. The van der Waals surface area contributed by atoms with Gasteiger partial charge < -0.3 is 5.32 Å². The minimum Gasteiger partial charge on any atom is -0.313 e. The third-order valence-corrected chi connectivity index (χ3v) is 5.65. The number of carbonyl (C=O) groups excluding carboxylic acids is 1. The third kappa shape index (κ3) is 2.37. The fourth-order valence-corrected chi connectivity index (χ4v) is 4.35. The first-order chi connectivity index (χ1) is 11.1. The first kappa shape index (κ1) is 14.2. The van der Waals surface area contributed by atoms with Crippen molar-refractivity contribution in [3.8, 4) is 0 Å². The number of hydrogen-bond donors (Lipinski definition) is 2. The molecular formula is C16H16N4O2S. The average Bonchev–Trinajstić information content (AvgIpc) is 3.09. The SMILES string of the molecule is Cc1c(NC(=O)c2ccc3n[nH]c(=O)n3c2)sc2c1CCCC2. The molecule has 0 atom stereocenters. The molecule has 1 aliphatic carbocycles. The van der Waals surface area contributed by atoms with Gasteiger partial charge in [0.05, 0.1) is 10.6 Å². The highest BCUT2D eigenvalue weighted by molar-refractivity contribution is 7.16. The van der Waals surface area contributed by atoms with E-state index in [1.54, 1.807) is 23.5 Å². The summed E-state index contributed by atoms with van der Waals surface area (Å²) < 4.78 is 1.33. The number of carbonyl (C=O) groups is 1. The van der Waals surface area contributed by atoms with E-state index >= 15 is 0 Å². The Morgan fingerprint density at radius 1 is 1.35 bits per heavy atom. The molecule has 3 aromatic heterocycles. The summed E-state index contributed by atoms with van der Waals surface area (Å²) in [6, 6.07) is 3.33. The molecule has 0 unspecified atom stereocenters. The second-order valence-corrected chi connectivity index (χ2v) is 6.90. The van der Waals surface area contributed by atoms with Gasteiger partial charge in [0.2, 0.25) is 0 Å². The van der Waals surface area contributed by atoms with Crippen LogP contribution in [-0.4, -0.2) is 20.5 Å². The van der Waals surface area contributed by atoms with E-state index in [1.807, 2.05) is 0 Å². The Kier molecular flexibility index (Phi) is 3.30. The lowest BCUT2D eigenvalue weighted by Gasteiger charge is -2.10. The minimum absolute atomic E-state index is 0.207. The van der Waals surface area contributed by atoms with Crippen LogP contribution in [0.3, 0.4) is 0 Å². The summed E-state index contributed by atoms with van der Waals surface area (Å²) in [5.41, 5.74) is 3.16. The maximum Gasteiger partial charge on any atom is 0.347 e. The van der Waals surface area contributed by atoms with E-state index in [0.29, 0.717) is 11.2 Å². The van der Waals surface area contributed by atoms with Gasteiger partial charge in [0, 0.05) is 11.1 Å². The van der Waals surface area contributed by atoms with E-state index in [9.17, 15) is 9.59 Å².